The Bertz CT molecular complexity index is 791. The van der Waals surface area contributed by atoms with Crippen molar-refractivity contribution in [3.63, 3.8) is 0 Å². The Morgan fingerprint density at radius 3 is 2.60 bits per heavy atom. The molecule has 0 spiro atoms. The fraction of sp³-hybridized carbons (Fsp3) is 0.444. The molecule has 1 atom stereocenters. The number of hydrogen-bond donors (Lipinski definition) is 3. The largest absolute Gasteiger partial charge is 0.481 e. The highest BCUT2D eigenvalue weighted by molar-refractivity contribution is 5.99. The number of aliphatic carboxylic acids is 1. The van der Waals surface area contributed by atoms with E-state index in [2.05, 4.69) is 20.6 Å². The van der Waals surface area contributed by atoms with Crippen molar-refractivity contribution in [3.8, 4) is 0 Å². The van der Waals surface area contributed by atoms with Crippen molar-refractivity contribution in [2.24, 2.45) is 11.3 Å². The predicted octanol–water partition coefficient (Wildman–Crippen LogP) is 2.54. The number of rotatable bonds is 7. The SMILES string of the molecule is CNc1ncnc2cc(C(=O)NCC(C)(CC(C)C)C(=O)O)ccc12. The number of carboxylic acid groups (broad SMARTS) is 1. The minimum Gasteiger partial charge on any atom is -0.481 e. The monoisotopic (exact) mass is 344 g/mol. The summed E-state index contributed by atoms with van der Waals surface area (Å²) < 4.78 is 0. The Balaban J connectivity index is 2.18. The van der Waals surface area contributed by atoms with Gasteiger partial charge in [-0.05, 0) is 37.5 Å². The molecule has 0 saturated heterocycles. The van der Waals surface area contributed by atoms with E-state index in [0.717, 1.165) is 5.39 Å². The average molecular weight is 344 g/mol. The first-order valence-electron chi connectivity index (χ1n) is 8.21. The van der Waals surface area contributed by atoms with Crippen molar-refractivity contribution in [1.29, 1.82) is 0 Å². The van der Waals surface area contributed by atoms with Crippen LogP contribution in [0.3, 0.4) is 0 Å². The Kier molecular flexibility index (Phi) is 5.56. The van der Waals surface area contributed by atoms with Crippen LogP contribution < -0.4 is 10.6 Å². The summed E-state index contributed by atoms with van der Waals surface area (Å²) in [7, 11) is 1.77. The van der Waals surface area contributed by atoms with Crippen molar-refractivity contribution in [1.82, 2.24) is 15.3 Å². The average Bonchev–Trinajstić information content (AvgIpc) is 2.57. The first-order valence-corrected chi connectivity index (χ1v) is 8.21. The molecule has 7 heteroatoms. The molecule has 1 aromatic heterocycles. The molecule has 0 bridgehead atoms. The summed E-state index contributed by atoms with van der Waals surface area (Å²) in [4.78, 5) is 32.3. The van der Waals surface area contributed by atoms with E-state index < -0.39 is 11.4 Å². The summed E-state index contributed by atoms with van der Waals surface area (Å²) in [5.74, 6) is -0.322. The van der Waals surface area contributed by atoms with E-state index in [-0.39, 0.29) is 18.4 Å². The molecule has 3 N–H and O–H groups in total. The third kappa shape index (κ3) is 4.23. The number of carboxylic acids is 1. The summed E-state index contributed by atoms with van der Waals surface area (Å²) in [6.07, 6.45) is 1.92. The van der Waals surface area contributed by atoms with E-state index in [0.29, 0.717) is 23.3 Å². The molecule has 25 heavy (non-hydrogen) atoms. The van der Waals surface area contributed by atoms with Gasteiger partial charge in [0.05, 0.1) is 10.9 Å². The Hall–Kier alpha value is -2.70. The Morgan fingerprint density at radius 1 is 1.28 bits per heavy atom. The molecule has 1 heterocycles. The number of nitrogens with zero attached hydrogens (tertiary/aromatic N) is 2. The minimum absolute atomic E-state index is 0.0723. The van der Waals surface area contributed by atoms with Gasteiger partial charge in [0.2, 0.25) is 0 Å². The minimum atomic E-state index is -0.998. The lowest BCUT2D eigenvalue weighted by Crippen LogP contribution is -2.41. The van der Waals surface area contributed by atoms with Crippen LogP contribution in [0.5, 0.6) is 0 Å². The second-order valence-electron chi connectivity index (χ2n) is 6.85. The van der Waals surface area contributed by atoms with Gasteiger partial charge in [-0.3, -0.25) is 9.59 Å². The van der Waals surface area contributed by atoms with Gasteiger partial charge in [0.15, 0.2) is 0 Å². The summed E-state index contributed by atoms with van der Waals surface area (Å²) in [5, 5.41) is 16.0. The zero-order chi connectivity index (χ0) is 18.6. The van der Waals surface area contributed by atoms with Crippen LogP contribution in [0.25, 0.3) is 10.9 Å². The summed E-state index contributed by atoms with van der Waals surface area (Å²) >= 11 is 0. The predicted molar refractivity (Wildman–Crippen MR) is 96.6 cm³/mol. The number of amides is 1. The molecule has 7 nitrogen and oxygen atoms in total. The maximum absolute atomic E-state index is 12.4. The van der Waals surface area contributed by atoms with Crippen LogP contribution in [0.1, 0.15) is 37.6 Å². The van der Waals surface area contributed by atoms with Crippen LogP contribution in [-0.4, -0.2) is 40.5 Å². The topological polar surface area (TPSA) is 104 Å². The molecule has 0 saturated carbocycles. The van der Waals surface area contributed by atoms with Crippen molar-refractivity contribution in [3.05, 3.63) is 30.1 Å². The van der Waals surface area contributed by atoms with Crippen LogP contribution in [0, 0.1) is 11.3 Å². The summed E-state index contributed by atoms with van der Waals surface area (Å²) in [6, 6.07) is 5.14. The molecule has 2 rings (SSSR count). The molecule has 1 aromatic carbocycles. The third-order valence-electron chi connectivity index (χ3n) is 4.15. The van der Waals surface area contributed by atoms with Crippen LogP contribution in [-0.2, 0) is 4.79 Å². The van der Waals surface area contributed by atoms with E-state index in [9.17, 15) is 14.7 Å². The second-order valence-corrected chi connectivity index (χ2v) is 6.85. The second kappa shape index (κ2) is 7.46. The summed E-state index contributed by atoms with van der Waals surface area (Å²) in [6.45, 7) is 5.65. The normalized spacial score (nSPS) is 13.5. The van der Waals surface area contributed by atoms with Crippen molar-refractivity contribution >= 4 is 28.6 Å². The zero-order valence-corrected chi connectivity index (χ0v) is 15.0. The highest BCUT2D eigenvalue weighted by Crippen LogP contribution is 2.26. The van der Waals surface area contributed by atoms with Gasteiger partial charge in [-0.25, -0.2) is 9.97 Å². The molecule has 1 amide bonds. The van der Waals surface area contributed by atoms with Gasteiger partial charge in [-0.2, -0.15) is 0 Å². The summed E-state index contributed by atoms with van der Waals surface area (Å²) in [5.41, 5.74) is 0.0861. The standard InChI is InChI=1S/C18H24N4O3/c1-11(2)8-18(3,17(24)25)9-20-16(23)12-5-6-13-14(7-12)21-10-22-15(13)19-4/h5-7,10-11H,8-9H2,1-4H3,(H,20,23)(H,24,25)(H,19,21,22). The van der Waals surface area contributed by atoms with Crippen molar-refractivity contribution in [2.45, 2.75) is 27.2 Å². The maximum Gasteiger partial charge on any atom is 0.311 e. The number of benzene rings is 1. The molecule has 134 valence electrons. The van der Waals surface area contributed by atoms with Gasteiger partial charge >= 0.3 is 5.97 Å². The van der Waals surface area contributed by atoms with Crippen LogP contribution in [0.2, 0.25) is 0 Å². The van der Waals surface area contributed by atoms with E-state index in [1.54, 1.807) is 32.2 Å². The van der Waals surface area contributed by atoms with Crippen molar-refractivity contribution in [2.75, 3.05) is 18.9 Å². The van der Waals surface area contributed by atoms with Gasteiger partial charge in [-0.15, -0.1) is 0 Å². The molecule has 0 aliphatic rings. The Labute approximate surface area is 146 Å². The smallest absolute Gasteiger partial charge is 0.311 e. The van der Waals surface area contributed by atoms with Gasteiger partial charge in [0, 0.05) is 24.5 Å². The van der Waals surface area contributed by atoms with E-state index >= 15 is 0 Å². The molecule has 1 unspecified atom stereocenters. The van der Waals surface area contributed by atoms with Crippen molar-refractivity contribution < 1.29 is 14.7 Å². The third-order valence-corrected chi connectivity index (χ3v) is 4.15. The van der Waals surface area contributed by atoms with Crippen LogP contribution >= 0.6 is 0 Å². The number of carbonyl (C=O) groups is 2. The van der Waals surface area contributed by atoms with Gasteiger partial charge in [-0.1, -0.05) is 13.8 Å². The van der Waals surface area contributed by atoms with E-state index in [1.807, 2.05) is 13.8 Å². The molecule has 0 radical (unpaired) electrons. The Morgan fingerprint density at radius 2 is 2.00 bits per heavy atom. The first kappa shape index (κ1) is 18.6. The lowest BCUT2D eigenvalue weighted by Gasteiger charge is -2.27. The van der Waals surface area contributed by atoms with Gasteiger partial charge in [0.25, 0.3) is 5.91 Å². The van der Waals surface area contributed by atoms with E-state index in [4.69, 9.17) is 0 Å². The lowest BCUT2D eigenvalue weighted by molar-refractivity contribution is -0.148. The van der Waals surface area contributed by atoms with E-state index in [1.165, 1.54) is 6.33 Å². The zero-order valence-electron chi connectivity index (χ0n) is 15.0. The number of nitrogens with one attached hydrogen (secondary N) is 2. The maximum atomic E-state index is 12.4. The van der Waals surface area contributed by atoms with Gasteiger partial charge in [0.1, 0.15) is 12.1 Å². The number of carbonyl (C=O) groups excluding carboxylic acids is 1. The first-order chi connectivity index (χ1) is 11.8. The molecule has 0 aliphatic carbocycles. The lowest BCUT2D eigenvalue weighted by atomic mass is 9.82. The quantitative estimate of drug-likeness (QED) is 0.713. The fourth-order valence-electron chi connectivity index (χ4n) is 2.91. The molecule has 0 fully saturated rings. The molecule has 0 aliphatic heterocycles. The fourth-order valence-corrected chi connectivity index (χ4v) is 2.91. The highest BCUT2D eigenvalue weighted by Gasteiger charge is 2.34. The molecular formula is C18H24N4O3. The van der Waals surface area contributed by atoms with Gasteiger partial charge < -0.3 is 15.7 Å². The van der Waals surface area contributed by atoms with Crippen LogP contribution in [0.15, 0.2) is 24.5 Å². The van der Waals surface area contributed by atoms with Crippen LogP contribution in [0.4, 0.5) is 5.82 Å². The number of aromatic nitrogens is 2. The molecule has 2 aromatic rings. The molecular weight excluding hydrogens is 320 g/mol. The number of fused-ring (bicyclic) bond motifs is 1. The highest BCUT2D eigenvalue weighted by atomic mass is 16.4. The number of anilines is 1. The number of hydrogen-bond acceptors (Lipinski definition) is 5.